The lowest BCUT2D eigenvalue weighted by atomic mass is 9.72. The van der Waals surface area contributed by atoms with Gasteiger partial charge in [0.1, 0.15) is 34.7 Å². The van der Waals surface area contributed by atoms with Crippen LogP contribution >= 0.6 is 0 Å². The van der Waals surface area contributed by atoms with Gasteiger partial charge in [-0.1, -0.05) is 12.1 Å². The molecule has 4 rings (SSSR count). The van der Waals surface area contributed by atoms with Crippen LogP contribution in [-0.2, 0) is 17.5 Å². The van der Waals surface area contributed by atoms with Gasteiger partial charge in [-0.15, -0.1) is 0 Å². The van der Waals surface area contributed by atoms with Gasteiger partial charge < -0.3 is 30.6 Å². The van der Waals surface area contributed by atoms with Crippen molar-refractivity contribution in [1.82, 2.24) is 20.6 Å². The Morgan fingerprint density at radius 3 is 2.32 bits per heavy atom. The molecule has 1 heterocycles. The second-order valence-electron chi connectivity index (χ2n) is 8.63. The molecule has 4 N–H and O–H groups in total. The highest BCUT2D eigenvalue weighted by molar-refractivity contribution is 5.91. The SMILES string of the molecule is COc1ccc(Oc2ccc(CNC(=O)C3(NC(=O)Oc4cncnc4)CC(N)C3)cc2)c(C(F)(F)F)c1. The lowest BCUT2D eigenvalue weighted by Crippen LogP contribution is -2.69. The summed E-state index contributed by atoms with van der Waals surface area (Å²) in [6.07, 6.45) is -1.16. The number of methoxy groups -OCH3 is 1. The zero-order chi connectivity index (χ0) is 27.3. The molecule has 200 valence electrons. The van der Waals surface area contributed by atoms with Crippen LogP contribution in [0, 0.1) is 0 Å². The summed E-state index contributed by atoms with van der Waals surface area (Å²) in [5.41, 5.74) is 4.32. The molecule has 0 unspecified atom stereocenters. The zero-order valence-electron chi connectivity index (χ0n) is 20.1. The molecule has 1 fully saturated rings. The number of rotatable bonds is 8. The number of aromatic nitrogens is 2. The van der Waals surface area contributed by atoms with E-state index in [1.807, 2.05) is 0 Å². The number of ether oxygens (including phenoxy) is 3. The monoisotopic (exact) mass is 531 g/mol. The average molecular weight is 531 g/mol. The van der Waals surface area contributed by atoms with Crippen LogP contribution in [0.1, 0.15) is 24.0 Å². The van der Waals surface area contributed by atoms with Gasteiger partial charge in [0.05, 0.1) is 19.5 Å². The maximum Gasteiger partial charge on any atom is 0.420 e. The first-order chi connectivity index (χ1) is 18.1. The molecule has 3 aromatic rings. The van der Waals surface area contributed by atoms with Gasteiger partial charge in [0.2, 0.25) is 5.91 Å². The number of halogens is 3. The van der Waals surface area contributed by atoms with Crippen molar-refractivity contribution in [2.24, 2.45) is 5.73 Å². The van der Waals surface area contributed by atoms with E-state index < -0.39 is 29.3 Å². The summed E-state index contributed by atoms with van der Waals surface area (Å²) in [6.45, 7) is 0.0929. The van der Waals surface area contributed by atoms with E-state index in [4.69, 9.17) is 19.9 Å². The Morgan fingerprint density at radius 1 is 1.05 bits per heavy atom. The summed E-state index contributed by atoms with van der Waals surface area (Å²) in [5, 5.41) is 5.33. The van der Waals surface area contributed by atoms with E-state index >= 15 is 0 Å². The number of hydrogen-bond donors (Lipinski definition) is 3. The van der Waals surface area contributed by atoms with E-state index in [0.717, 1.165) is 6.07 Å². The molecule has 1 aliphatic carbocycles. The highest BCUT2D eigenvalue weighted by Gasteiger charge is 2.50. The van der Waals surface area contributed by atoms with Crippen molar-refractivity contribution in [2.45, 2.75) is 37.1 Å². The Morgan fingerprint density at radius 2 is 1.71 bits per heavy atom. The quantitative estimate of drug-likeness (QED) is 0.401. The van der Waals surface area contributed by atoms with Crippen LogP contribution in [0.4, 0.5) is 18.0 Å². The molecule has 2 amide bonds. The normalized spacial score (nSPS) is 18.6. The Hall–Kier alpha value is -4.39. The number of benzene rings is 2. The van der Waals surface area contributed by atoms with Crippen molar-refractivity contribution < 1.29 is 37.0 Å². The predicted octanol–water partition coefficient (Wildman–Crippen LogP) is 3.56. The third-order valence-corrected chi connectivity index (χ3v) is 5.84. The molecule has 38 heavy (non-hydrogen) atoms. The Kier molecular flexibility index (Phi) is 7.67. The summed E-state index contributed by atoms with van der Waals surface area (Å²) in [5.74, 6) is -0.482. The van der Waals surface area contributed by atoms with Gasteiger partial charge in [0.15, 0.2) is 5.75 Å². The second-order valence-corrected chi connectivity index (χ2v) is 8.63. The number of amides is 2. The van der Waals surface area contributed by atoms with Crippen LogP contribution in [0.2, 0.25) is 0 Å². The highest BCUT2D eigenvalue weighted by atomic mass is 19.4. The van der Waals surface area contributed by atoms with Crippen molar-refractivity contribution in [2.75, 3.05) is 7.11 Å². The third kappa shape index (κ3) is 6.29. The minimum absolute atomic E-state index is 0.0535. The van der Waals surface area contributed by atoms with Gasteiger partial charge in [0.25, 0.3) is 0 Å². The first kappa shape index (κ1) is 26.7. The number of nitrogens with one attached hydrogen (secondary N) is 2. The van der Waals surface area contributed by atoms with Crippen LogP contribution < -0.4 is 30.6 Å². The summed E-state index contributed by atoms with van der Waals surface area (Å²) in [6, 6.07) is 9.31. The number of hydrogen-bond acceptors (Lipinski definition) is 8. The maximum atomic E-state index is 13.4. The summed E-state index contributed by atoms with van der Waals surface area (Å²) in [4.78, 5) is 32.8. The number of alkyl halides is 3. The Balaban J connectivity index is 1.36. The molecule has 1 aliphatic rings. The standard InChI is InChI=1S/C25H24F3N5O5/c1-36-18-6-7-21(20(8-18)25(26,27)28)37-17-4-2-15(3-5-17)11-32-22(34)24(9-16(29)10-24)33-23(35)38-19-12-30-14-31-13-19/h2-8,12-14,16H,9-11,29H2,1H3,(H,32,34)(H,33,35). The average Bonchev–Trinajstić information content (AvgIpc) is 2.87. The first-order valence-electron chi connectivity index (χ1n) is 11.4. The summed E-state index contributed by atoms with van der Waals surface area (Å²) < 4.78 is 55.7. The highest BCUT2D eigenvalue weighted by Crippen LogP contribution is 2.40. The summed E-state index contributed by atoms with van der Waals surface area (Å²) in [7, 11) is 1.27. The smallest absolute Gasteiger partial charge is 0.420 e. The van der Waals surface area contributed by atoms with E-state index in [0.29, 0.717) is 5.56 Å². The van der Waals surface area contributed by atoms with Crippen molar-refractivity contribution in [1.29, 1.82) is 0 Å². The molecular weight excluding hydrogens is 507 g/mol. The Bertz CT molecular complexity index is 1280. The molecule has 13 heteroatoms. The van der Waals surface area contributed by atoms with Crippen LogP contribution in [0.3, 0.4) is 0 Å². The second kappa shape index (κ2) is 10.9. The van der Waals surface area contributed by atoms with Gasteiger partial charge in [-0.05, 0) is 48.7 Å². The van der Waals surface area contributed by atoms with Gasteiger partial charge in [-0.3, -0.25) is 4.79 Å². The topological polar surface area (TPSA) is 138 Å². The van der Waals surface area contributed by atoms with E-state index in [-0.39, 0.29) is 48.4 Å². The van der Waals surface area contributed by atoms with E-state index in [1.165, 1.54) is 50.1 Å². The molecule has 2 aromatic carbocycles. The zero-order valence-corrected chi connectivity index (χ0v) is 20.1. The van der Waals surface area contributed by atoms with E-state index in [2.05, 4.69) is 20.6 Å². The van der Waals surface area contributed by atoms with Gasteiger partial charge in [-0.25, -0.2) is 14.8 Å². The minimum Gasteiger partial charge on any atom is -0.497 e. The molecule has 1 saturated carbocycles. The van der Waals surface area contributed by atoms with Gasteiger partial charge >= 0.3 is 12.3 Å². The fourth-order valence-electron chi connectivity index (χ4n) is 3.95. The van der Waals surface area contributed by atoms with Gasteiger partial charge in [0, 0.05) is 12.6 Å². The maximum absolute atomic E-state index is 13.4. The number of nitrogens with two attached hydrogens (primary N) is 1. The molecule has 0 aliphatic heterocycles. The van der Waals surface area contributed by atoms with Crippen molar-refractivity contribution in [3.63, 3.8) is 0 Å². The molecule has 0 bridgehead atoms. The van der Waals surface area contributed by atoms with Crippen LogP contribution in [0.15, 0.2) is 61.2 Å². The molecule has 0 spiro atoms. The molecule has 10 nitrogen and oxygen atoms in total. The fraction of sp³-hybridized carbons (Fsp3) is 0.280. The lowest BCUT2D eigenvalue weighted by Gasteiger charge is -2.44. The number of carbonyl (C=O) groups excluding carboxylic acids is 2. The molecule has 0 radical (unpaired) electrons. The van der Waals surface area contributed by atoms with Gasteiger partial charge in [-0.2, -0.15) is 13.2 Å². The summed E-state index contributed by atoms with van der Waals surface area (Å²) >= 11 is 0. The fourth-order valence-corrected chi connectivity index (χ4v) is 3.95. The molecule has 1 aromatic heterocycles. The van der Waals surface area contributed by atoms with Crippen molar-refractivity contribution in [3.8, 4) is 23.0 Å². The van der Waals surface area contributed by atoms with Crippen LogP contribution in [0.5, 0.6) is 23.0 Å². The minimum atomic E-state index is -4.64. The van der Waals surface area contributed by atoms with Crippen LogP contribution in [0.25, 0.3) is 0 Å². The Labute approximate surface area is 215 Å². The first-order valence-corrected chi connectivity index (χ1v) is 11.4. The number of nitrogens with zero attached hydrogens (tertiary/aromatic N) is 2. The van der Waals surface area contributed by atoms with Crippen LogP contribution in [-0.4, -0.2) is 40.7 Å². The molecule has 0 atom stereocenters. The molecule has 0 saturated heterocycles. The largest absolute Gasteiger partial charge is 0.497 e. The molecular formula is C25H24F3N5O5. The van der Waals surface area contributed by atoms with E-state index in [9.17, 15) is 22.8 Å². The van der Waals surface area contributed by atoms with E-state index in [1.54, 1.807) is 12.1 Å². The lowest BCUT2D eigenvalue weighted by molar-refractivity contribution is -0.138. The predicted molar refractivity (Wildman–Crippen MR) is 127 cm³/mol. The van der Waals surface area contributed by atoms with Crippen molar-refractivity contribution >= 4 is 12.0 Å². The number of carbonyl (C=O) groups is 2. The van der Waals surface area contributed by atoms with Crippen molar-refractivity contribution in [3.05, 3.63) is 72.3 Å². The third-order valence-electron chi connectivity index (χ3n) is 5.84.